The van der Waals surface area contributed by atoms with Crippen LogP contribution in [-0.4, -0.2) is 6.61 Å². The summed E-state index contributed by atoms with van der Waals surface area (Å²) in [6.07, 6.45) is 2.28. The second-order valence-electron chi connectivity index (χ2n) is 4.86. The smallest absolute Gasteiger partial charge is 0.125 e. The summed E-state index contributed by atoms with van der Waals surface area (Å²) in [7, 11) is 0. The van der Waals surface area contributed by atoms with Crippen LogP contribution in [0.25, 0.3) is 0 Å². The molecule has 96 valence electrons. The van der Waals surface area contributed by atoms with Gasteiger partial charge < -0.3 is 10.5 Å². The molecule has 0 saturated heterocycles. The molecule has 1 aromatic carbocycles. The fourth-order valence-corrected chi connectivity index (χ4v) is 2.02. The van der Waals surface area contributed by atoms with Gasteiger partial charge in [0.25, 0.3) is 0 Å². The molecule has 0 spiro atoms. The zero-order valence-electron chi connectivity index (χ0n) is 10.9. The third-order valence-electron chi connectivity index (χ3n) is 2.65. The lowest BCUT2D eigenvalue weighted by atomic mass is 10.1. The van der Waals surface area contributed by atoms with Crippen molar-refractivity contribution in [1.29, 1.82) is 0 Å². The van der Waals surface area contributed by atoms with Crippen molar-refractivity contribution in [2.75, 3.05) is 6.61 Å². The van der Waals surface area contributed by atoms with Crippen LogP contribution < -0.4 is 10.5 Å². The lowest BCUT2D eigenvalue weighted by Gasteiger charge is -2.14. The molecular formula is C14H22BrNO. The molecule has 1 atom stereocenters. The molecule has 0 unspecified atom stereocenters. The van der Waals surface area contributed by atoms with Gasteiger partial charge in [-0.3, -0.25) is 0 Å². The molecule has 0 aliphatic heterocycles. The quantitative estimate of drug-likeness (QED) is 0.796. The molecule has 0 aliphatic rings. The predicted molar refractivity (Wildman–Crippen MR) is 76.3 cm³/mol. The molecule has 0 fully saturated rings. The van der Waals surface area contributed by atoms with E-state index in [2.05, 4.69) is 29.8 Å². The van der Waals surface area contributed by atoms with Crippen molar-refractivity contribution in [1.82, 2.24) is 0 Å². The highest BCUT2D eigenvalue weighted by molar-refractivity contribution is 9.10. The number of benzene rings is 1. The summed E-state index contributed by atoms with van der Waals surface area (Å²) < 4.78 is 6.85. The minimum atomic E-state index is 0.00296. The number of ether oxygens (including phenoxy) is 1. The molecule has 1 rings (SSSR count). The van der Waals surface area contributed by atoms with E-state index in [1.807, 2.05) is 25.1 Å². The number of rotatable bonds is 6. The van der Waals surface area contributed by atoms with Crippen molar-refractivity contribution in [3.05, 3.63) is 28.2 Å². The summed E-state index contributed by atoms with van der Waals surface area (Å²) in [5.74, 6) is 1.63. The zero-order chi connectivity index (χ0) is 12.8. The number of halogens is 1. The van der Waals surface area contributed by atoms with Crippen LogP contribution in [-0.2, 0) is 0 Å². The summed E-state index contributed by atoms with van der Waals surface area (Å²) in [4.78, 5) is 0. The van der Waals surface area contributed by atoms with Gasteiger partial charge in [-0.2, -0.15) is 0 Å². The standard InChI is InChI=1S/C14H22BrNO/c1-10(2)5-4-8-17-14-9-12(15)6-7-13(14)11(3)16/h6-7,9-11H,4-5,8,16H2,1-3H3/t11-/m0/s1. The van der Waals surface area contributed by atoms with E-state index >= 15 is 0 Å². The van der Waals surface area contributed by atoms with E-state index < -0.39 is 0 Å². The van der Waals surface area contributed by atoms with E-state index in [-0.39, 0.29) is 6.04 Å². The zero-order valence-corrected chi connectivity index (χ0v) is 12.5. The largest absolute Gasteiger partial charge is 0.493 e. The van der Waals surface area contributed by atoms with Crippen LogP contribution in [0.1, 0.15) is 45.2 Å². The van der Waals surface area contributed by atoms with Gasteiger partial charge in [0.15, 0.2) is 0 Å². The van der Waals surface area contributed by atoms with Crippen LogP contribution in [0, 0.1) is 5.92 Å². The molecule has 0 bridgehead atoms. The molecule has 0 aliphatic carbocycles. The minimum Gasteiger partial charge on any atom is -0.493 e. The van der Waals surface area contributed by atoms with E-state index in [0.29, 0.717) is 0 Å². The first-order valence-electron chi connectivity index (χ1n) is 6.18. The highest BCUT2D eigenvalue weighted by atomic mass is 79.9. The molecular weight excluding hydrogens is 278 g/mol. The number of hydrogen-bond acceptors (Lipinski definition) is 2. The molecule has 17 heavy (non-hydrogen) atoms. The molecule has 0 saturated carbocycles. The minimum absolute atomic E-state index is 0.00296. The van der Waals surface area contributed by atoms with E-state index in [0.717, 1.165) is 34.7 Å². The average molecular weight is 300 g/mol. The molecule has 0 heterocycles. The molecule has 3 heteroatoms. The maximum absolute atomic E-state index is 5.92. The highest BCUT2D eigenvalue weighted by Crippen LogP contribution is 2.27. The second-order valence-corrected chi connectivity index (χ2v) is 5.77. The lowest BCUT2D eigenvalue weighted by molar-refractivity contribution is 0.293. The van der Waals surface area contributed by atoms with Gasteiger partial charge in [0.1, 0.15) is 5.75 Å². The summed E-state index contributed by atoms with van der Waals surface area (Å²) in [5.41, 5.74) is 6.99. The Bertz CT molecular complexity index is 350. The van der Waals surface area contributed by atoms with Crippen LogP contribution in [0.3, 0.4) is 0 Å². The van der Waals surface area contributed by atoms with Gasteiger partial charge in [-0.1, -0.05) is 35.8 Å². The van der Waals surface area contributed by atoms with E-state index in [1.165, 1.54) is 6.42 Å². The third kappa shape index (κ3) is 5.09. The maximum Gasteiger partial charge on any atom is 0.125 e. The van der Waals surface area contributed by atoms with Gasteiger partial charge in [0, 0.05) is 16.1 Å². The van der Waals surface area contributed by atoms with Crippen LogP contribution >= 0.6 is 15.9 Å². The summed E-state index contributed by atoms with van der Waals surface area (Å²) in [6, 6.07) is 6.02. The number of nitrogens with two attached hydrogens (primary N) is 1. The summed E-state index contributed by atoms with van der Waals surface area (Å²) in [5, 5.41) is 0. The number of hydrogen-bond donors (Lipinski definition) is 1. The van der Waals surface area contributed by atoms with Crippen molar-refractivity contribution >= 4 is 15.9 Å². The fraction of sp³-hybridized carbons (Fsp3) is 0.571. The predicted octanol–water partition coefficient (Wildman–Crippen LogP) is 4.28. The first kappa shape index (κ1) is 14.5. The van der Waals surface area contributed by atoms with Crippen LogP contribution in [0.4, 0.5) is 0 Å². The Morgan fingerprint density at radius 2 is 2.00 bits per heavy atom. The van der Waals surface area contributed by atoms with Crippen molar-refractivity contribution in [3.8, 4) is 5.75 Å². The maximum atomic E-state index is 5.92. The first-order chi connectivity index (χ1) is 8.00. The molecule has 2 N–H and O–H groups in total. The molecule has 2 nitrogen and oxygen atoms in total. The Balaban J connectivity index is 2.59. The topological polar surface area (TPSA) is 35.2 Å². The Labute approximate surface area is 113 Å². The van der Waals surface area contributed by atoms with Crippen LogP contribution in [0.5, 0.6) is 5.75 Å². The molecule has 0 radical (unpaired) electrons. The SMILES string of the molecule is CC(C)CCCOc1cc(Br)ccc1[C@H](C)N. The average Bonchev–Trinajstić information content (AvgIpc) is 2.23. The van der Waals surface area contributed by atoms with Gasteiger partial charge in [-0.05, 0) is 37.8 Å². The summed E-state index contributed by atoms with van der Waals surface area (Å²) >= 11 is 3.46. The van der Waals surface area contributed by atoms with Crippen molar-refractivity contribution in [2.45, 2.75) is 39.7 Å². The lowest BCUT2D eigenvalue weighted by Crippen LogP contribution is -2.09. The Morgan fingerprint density at radius 1 is 1.29 bits per heavy atom. The second kappa shape index (κ2) is 7.02. The Morgan fingerprint density at radius 3 is 2.59 bits per heavy atom. The molecule has 0 amide bonds. The van der Waals surface area contributed by atoms with Crippen LogP contribution in [0.15, 0.2) is 22.7 Å². The molecule has 0 aromatic heterocycles. The van der Waals surface area contributed by atoms with E-state index in [4.69, 9.17) is 10.5 Å². The highest BCUT2D eigenvalue weighted by Gasteiger charge is 2.08. The van der Waals surface area contributed by atoms with Gasteiger partial charge in [0.2, 0.25) is 0 Å². The van der Waals surface area contributed by atoms with Crippen molar-refractivity contribution in [3.63, 3.8) is 0 Å². The van der Waals surface area contributed by atoms with Gasteiger partial charge in [-0.25, -0.2) is 0 Å². The molecule has 1 aromatic rings. The van der Waals surface area contributed by atoms with Crippen molar-refractivity contribution in [2.24, 2.45) is 11.7 Å². The summed E-state index contributed by atoms with van der Waals surface area (Å²) in [6.45, 7) is 7.19. The van der Waals surface area contributed by atoms with Gasteiger partial charge in [0.05, 0.1) is 6.61 Å². The Kier molecular flexibility index (Phi) is 6.00. The monoisotopic (exact) mass is 299 g/mol. The van der Waals surface area contributed by atoms with E-state index in [1.54, 1.807) is 0 Å². The normalized spacial score (nSPS) is 12.8. The van der Waals surface area contributed by atoms with E-state index in [9.17, 15) is 0 Å². The third-order valence-corrected chi connectivity index (χ3v) is 3.14. The van der Waals surface area contributed by atoms with Crippen LogP contribution in [0.2, 0.25) is 0 Å². The van der Waals surface area contributed by atoms with Crippen molar-refractivity contribution < 1.29 is 4.74 Å². The Hall–Kier alpha value is -0.540. The van der Waals surface area contributed by atoms with Gasteiger partial charge in [-0.15, -0.1) is 0 Å². The van der Waals surface area contributed by atoms with Gasteiger partial charge >= 0.3 is 0 Å². The first-order valence-corrected chi connectivity index (χ1v) is 6.98. The fourth-order valence-electron chi connectivity index (χ4n) is 1.68.